The molecule has 2 atom stereocenters. The first-order valence-electron chi connectivity index (χ1n) is 11.8. The fourth-order valence-electron chi connectivity index (χ4n) is 3.55. The second-order valence-corrected chi connectivity index (χ2v) is 11.7. The molecule has 0 heterocycles. The topological polar surface area (TPSA) is 86.8 Å². The highest BCUT2D eigenvalue weighted by Gasteiger charge is 2.27. The van der Waals surface area contributed by atoms with Crippen molar-refractivity contribution in [1.29, 1.82) is 0 Å². The summed E-state index contributed by atoms with van der Waals surface area (Å²) in [4.78, 5) is 27.7. The summed E-state index contributed by atoms with van der Waals surface area (Å²) in [6.45, 7) is 8.04. The Morgan fingerprint density at radius 2 is 1.63 bits per heavy atom. The Balaban J connectivity index is 2.15. The first kappa shape index (κ1) is 28.8. The Labute approximate surface area is 218 Å². The summed E-state index contributed by atoms with van der Waals surface area (Å²) < 4.78 is 27.0. The van der Waals surface area contributed by atoms with Gasteiger partial charge < -0.3 is 10.2 Å². The van der Waals surface area contributed by atoms with Gasteiger partial charge in [-0.3, -0.25) is 13.9 Å². The molecule has 7 nitrogen and oxygen atoms in total. The van der Waals surface area contributed by atoms with Crippen molar-refractivity contribution in [3.05, 3.63) is 64.1 Å². The molecule has 1 N–H and O–H groups in total. The number of hydrogen-bond donors (Lipinski definition) is 1. The Morgan fingerprint density at radius 3 is 2.17 bits per heavy atom. The maximum absolute atomic E-state index is 13.3. The minimum Gasteiger partial charge on any atom is -0.352 e. The van der Waals surface area contributed by atoms with E-state index in [0.717, 1.165) is 28.3 Å². The number of nitrogens with one attached hydrogen (secondary N) is 1. The first-order chi connectivity index (χ1) is 16.4. The summed E-state index contributed by atoms with van der Waals surface area (Å²) >= 11 is 3.42. The lowest BCUT2D eigenvalue weighted by molar-refractivity contribution is -0.140. The van der Waals surface area contributed by atoms with Crippen molar-refractivity contribution < 1.29 is 18.0 Å². The number of amides is 2. The van der Waals surface area contributed by atoms with Gasteiger partial charge in [0.25, 0.3) is 0 Å². The van der Waals surface area contributed by atoms with Crippen molar-refractivity contribution in [2.45, 2.75) is 65.6 Å². The number of aryl methyl sites for hydroxylation is 1. The lowest BCUT2D eigenvalue weighted by Gasteiger charge is -2.30. The zero-order valence-corrected chi connectivity index (χ0v) is 23.5. The van der Waals surface area contributed by atoms with Crippen LogP contribution in [0.5, 0.6) is 0 Å². The molecule has 2 aromatic carbocycles. The van der Waals surface area contributed by atoms with Crippen LogP contribution in [0, 0.1) is 6.92 Å². The van der Waals surface area contributed by atoms with E-state index in [9.17, 15) is 18.0 Å². The van der Waals surface area contributed by atoms with Crippen LogP contribution in [-0.2, 0) is 26.2 Å². The lowest BCUT2D eigenvalue weighted by Crippen LogP contribution is -2.49. The third-order valence-electron chi connectivity index (χ3n) is 5.91. The molecule has 0 aliphatic heterocycles. The van der Waals surface area contributed by atoms with Crippen LogP contribution < -0.4 is 9.62 Å². The van der Waals surface area contributed by atoms with E-state index in [2.05, 4.69) is 21.2 Å². The predicted octanol–water partition coefficient (Wildman–Crippen LogP) is 4.64. The molecule has 0 radical (unpaired) electrons. The standard InChI is InChI=1S/C26H36BrN3O4S/c1-6-20(3)28-26(32)21(4)29(18-22-11-13-23(27)14-12-22)25(31)8-7-17-30(35(5,33)34)24-15-9-19(2)10-16-24/h9-16,20-21H,6-8,17-18H2,1-5H3,(H,28,32)/t20-,21-/m1/s1. The van der Waals surface area contributed by atoms with E-state index < -0.39 is 16.1 Å². The van der Waals surface area contributed by atoms with Crippen molar-refractivity contribution in [1.82, 2.24) is 10.2 Å². The van der Waals surface area contributed by atoms with E-state index in [4.69, 9.17) is 0 Å². The minimum atomic E-state index is -3.51. The molecule has 0 spiro atoms. The van der Waals surface area contributed by atoms with Crippen molar-refractivity contribution in [2.75, 3.05) is 17.1 Å². The molecule has 2 aromatic rings. The summed E-state index contributed by atoms with van der Waals surface area (Å²) in [6.07, 6.45) is 2.40. The summed E-state index contributed by atoms with van der Waals surface area (Å²) in [7, 11) is -3.51. The molecule has 9 heteroatoms. The molecule has 2 amide bonds. The van der Waals surface area contributed by atoms with Crippen molar-refractivity contribution >= 4 is 43.5 Å². The van der Waals surface area contributed by atoms with E-state index in [1.54, 1.807) is 24.0 Å². The molecule has 0 unspecified atom stereocenters. The van der Waals surface area contributed by atoms with Crippen LogP contribution in [0.1, 0.15) is 51.2 Å². The zero-order valence-electron chi connectivity index (χ0n) is 21.1. The zero-order chi connectivity index (χ0) is 26.2. The second-order valence-electron chi connectivity index (χ2n) is 8.92. The minimum absolute atomic E-state index is 0.00686. The van der Waals surface area contributed by atoms with Gasteiger partial charge in [0.1, 0.15) is 6.04 Å². The molecule has 0 fully saturated rings. The average Bonchev–Trinajstić information content (AvgIpc) is 2.80. The Morgan fingerprint density at radius 1 is 1.03 bits per heavy atom. The van der Waals surface area contributed by atoms with Gasteiger partial charge in [0.15, 0.2) is 0 Å². The highest BCUT2D eigenvalue weighted by Crippen LogP contribution is 2.20. The van der Waals surface area contributed by atoms with Crippen LogP contribution in [0.3, 0.4) is 0 Å². The monoisotopic (exact) mass is 565 g/mol. The third kappa shape index (κ3) is 8.96. The number of carbonyl (C=O) groups excluding carboxylic acids is 2. The number of anilines is 1. The van der Waals surface area contributed by atoms with E-state index in [1.165, 1.54) is 4.31 Å². The Hall–Kier alpha value is -2.39. The number of halogens is 1. The van der Waals surface area contributed by atoms with Crippen molar-refractivity contribution in [3.63, 3.8) is 0 Å². The van der Waals surface area contributed by atoms with Gasteiger partial charge in [-0.1, -0.05) is 52.7 Å². The average molecular weight is 567 g/mol. The molecule has 0 saturated heterocycles. The number of carbonyl (C=O) groups is 2. The Bertz CT molecular complexity index is 1090. The first-order valence-corrected chi connectivity index (χ1v) is 14.4. The molecule has 0 aromatic heterocycles. The van der Waals surface area contributed by atoms with Gasteiger partial charge >= 0.3 is 0 Å². The summed E-state index contributed by atoms with van der Waals surface area (Å²) in [6, 6.07) is 14.2. The number of hydrogen-bond acceptors (Lipinski definition) is 4. The quantitative estimate of drug-likeness (QED) is 0.406. The number of nitrogens with zero attached hydrogens (tertiary/aromatic N) is 2. The molecule has 0 saturated carbocycles. The maximum atomic E-state index is 13.3. The summed E-state index contributed by atoms with van der Waals surface area (Å²) in [5.41, 5.74) is 2.51. The largest absolute Gasteiger partial charge is 0.352 e. The number of benzene rings is 2. The number of sulfonamides is 1. The van der Waals surface area contributed by atoms with Crippen LogP contribution in [0.4, 0.5) is 5.69 Å². The smallest absolute Gasteiger partial charge is 0.242 e. The molecule has 0 bridgehead atoms. The van der Waals surface area contributed by atoms with Crippen LogP contribution in [-0.4, -0.2) is 50.0 Å². The van der Waals surface area contributed by atoms with E-state index in [-0.39, 0.29) is 37.4 Å². The van der Waals surface area contributed by atoms with Gasteiger partial charge in [-0.15, -0.1) is 0 Å². The molecule has 0 aliphatic rings. The maximum Gasteiger partial charge on any atom is 0.242 e. The molecular weight excluding hydrogens is 530 g/mol. The van der Waals surface area contributed by atoms with Crippen LogP contribution in [0.15, 0.2) is 53.0 Å². The van der Waals surface area contributed by atoms with Gasteiger partial charge in [0.05, 0.1) is 11.9 Å². The predicted molar refractivity (Wildman–Crippen MR) is 145 cm³/mol. The molecule has 35 heavy (non-hydrogen) atoms. The van der Waals surface area contributed by atoms with Gasteiger partial charge in [-0.2, -0.15) is 0 Å². The lowest BCUT2D eigenvalue weighted by atomic mass is 10.1. The molecule has 2 rings (SSSR count). The molecular formula is C26H36BrN3O4S. The van der Waals surface area contributed by atoms with Gasteiger partial charge in [0.2, 0.25) is 21.8 Å². The fraction of sp³-hybridized carbons (Fsp3) is 0.462. The highest BCUT2D eigenvalue weighted by atomic mass is 79.9. The summed E-state index contributed by atoms with van der Waals surface area (Å²) in [5, 5.41) is 2.95. The second kappa shape index (κ2) is 13.1. The van der Waals surface area contributed by atoms with E-state index in [0.29, 0.717) is 12.1 Å². The van der Waals surface area contributed by atoms with Crippen molar-refractivity contribution in [2.24, 2.45) is 0 Å². The highest BCUT2D eigenvalue weighted by molar-refractivity contribution is 9.10. The molecule has 0 aliphatic carbocycles. The van der Waals surface area contributed by atoms with Crippen LogP contribution >= 0.6 is 15.9 Å². The van der Waals surface area contributed by atoms with E-state index in [1.807, 2.05) is 57.2 Å². The Kier molecular flexibility index (Phi) is 10.8. The number of rotatable bonds is 12. The van der Waals surface area contributed by atoms with Gasteiger partial charge in [-0.05, 0) is 63.4 Å². The van der Waals surface area contributed by atoms with Crippen LogP contribution in [0.2, 0.25) is 0 Å². The fourth-order valence-corrected chi connectivity index (χ4v) is 4.78. The van der Waals surface area contributed by atoms with E-state index >= 15 is 0 Å². The van der Waals surface area contributed by atoms with Gasteiger partial charge in [0, 0.05) is 30.0 Å². The van der Waals surface area contributed by atoms with Gasteiger partial charge in [-0.25, -0.2) is 8.42 Å². The third-order valence-corrected chi connectivity index (χ3v) is 7.63. The summed E-state index contributed by atoms with van der Waals surface area (Å²) in [5.74, 6) is -0.403. The molecule has 192 valence electrons. The normalized spacial score (nSPS) is 13.1. The van der Waals surface area contributed by atoms with Crippen LogP contribution in [0.25, 0.3) is 0 Å². The van der Waals surface area contributed by atoms with Crippen molar-refractivity contribution in [3.8, 4) is 0 Å². The SMILES string of the molecule is CC[C@@H](C)NC(=O)[C@@H](C)N(Cc1ccc(Br)cc1)C(=O)CCCN(c1ccc(C)cc1)S(C)(=O)=O.